The number of hydrogen-bond acceptors (Lipinski definition) is 5. The van der Waals surface area contributed by atoms with Crippen LogP contribution in [0.25, 0.3) is 5.82 Å². The Hall–Kier alpha value is -2.68. The number of alkyl halides is 3. The Morgan fingerprint density at radius 3 is 2.56 bits per heavy atom. The van der Waals surface area contributed by atoms with Crippen molar-refractivity contribution in [2.24, 2.45) is 0 Å². The molecule has 0 amide bonds. The summed E-state index contributed by atoms with van der Waals surface area (Å²) in [4.78, 5) is 8.37. The minimum absolute atomic E-state index is 0.0198. The first kappa shape index (κ1) is 19.1. The molecule has 142 valence electrons. The zero-order valence-electron chi connectivity index (χ0n) is 14.6. The van der Waals surface area contributed by atoms with Crippen LogP contribution in [0.1, 0.15) is 35.5 Å². The summed E-state index contributed by atoms with van der Waals surface area (Å²) >= 11 is 6.07. The third-order valence-electron chi connectivity index (χ3n) is 3.99. The summed E-state index contributed by atoms with van der Waals surface area (Å²) in [6.45, 7) is 3.50. The lowest BCUT2D eigenvalue weighted by molar-refractivity contribution is -0.137. The van der Waals surface area contributed by atoms with Gasteiger partial charge in [-0.1, -0.05) is 29.8 Å². The Balaban J connectivity index is 1.92. The van der Waals surface area contributed by atoms with Crippen molar-refractivity contribution in [3.05, 3.63) is 58.1 Å². The van der Waals surface area contributed by atoms with Crippen LogP contribution in [0.4, 0.5) is 13.2 Å². The van der Waals surface area contributed by atoms with Gasteiger partial charge in [0.1, 0.15) is 5.82 Å². The van der Waals surface area contributed by atoms with E-state index in [9.17, 15) is 13.2 Å². The number of nitrogens with zero attached hydrogens (tertiary/aromatic N) is 5. The first-order valence-electron chi connectivity index (χ1n) is 7.88. The molecule has 0 aliphatic carbocycles. The van der Waals surface area contributed by atoms with E-state index >= 15 is 0 Å². The van der Waals surface area contributed by atoms with Gasteiger partial charge in [-0.3, -0.25) is 0 Å². The van der Waals surface area contributed by atoms with Crippen LogP contribution < -0.4 is 4.74 Å². The molecule has 6 nitrogen and oxygen atoms in total. The van der Waals surface area contributed by atoms with Gasteiger partial charge in [-0.2, -0.15) is 18.2 Å². The first-order chi connectivity index (χ1) is 12.7. The summed E-state index contributed by atoms with van der Waals surface area (Å²) in [5.41, 5.74) is 0.260. The van der Waals surface area contributed by atoms with Gasteiger partial charge >= 0.3 is 6.18 Å². The van der Waals surface area contributed by atoms with Crippen molar-refractivity contribution in [3.63, 3.8) is 0 Å². The summed E-state index contributed by atoms with van der Waals surface area (Å²) < 4.78 is 45.0. The lowest BCUT2D eigenvalue weighted by atomic mass is 9.97. The molecule has 1 atom stereocenters. The van der Waals surface area contributed by atoms with Gasteiger partial charge in [-0.25, -0.2) is 9.67 Å². The number of aromatic nitrogens is 5. The predicted molar refractivity (Wildman–Crippen MR) is 92.2 cm³/mol. The zero-order valence-corrected chi connectivity index (χ0v) is 15.4. The fourth-order valence-electron chi connectivity index (χ4n) is 2.55. The van der Waals surface area contributed by atoms with Crippen molar-refractivity contribution in [2.45, 2.75) is 25.9 Å². The van der Waals surface area contributed by atoms with Gasteiger partial charge in [0, 0.05) is 17.0 Å². The Kier molecular flexibility index (Phi) is 5.05. The topological polar surface area (TPSA) is 65.7 Å². The molecule has 0 N–H and O–H groups in total. The van der Waals surface area contributed by atoms with Gasteiger partial charge in [0.15, 0.2) is 5.82 Å². The van der Waals surface area contributed by atoms with E-state index in [1.54, 1.807) is 26.1 Å². The number of halogens is 4. The third-order valence-corrected chi connectivity index (χ3v) is 4.32. The first-order valence-corrected chi connectivity index (χ1v) is 8.25. The van der Waals surface area contributed by atoms with Gasteiger partial charge < -0.3 is 4.74 Å². The van der Waals surface area contributed by atoms with Crippen molar-refractivity contribution in [1.29, 1.82) is 0 Å². The highest BCUT2D eigenvalue weighted by atomic mass is 35.5. The molecule has 3 aromatic rings. The number of rotatable bonds is 4. The van der Waals surface area contributed by atoms with E-state index < -0.39 is 11.7 Å². The summed E-state index contributed by atoms with van der Waals surface area (Å²) in [6.07, 6.45) is -2.81. The molecule has 0 saturated heterocycles. The van der Waals surface area contributed by atoms with Crippen LogP contribution >= 0.6 is 11.6 Å². The number of methoxy groups -OCH3 is 1. The Labute approximate surface area is 158 Å². The van der Waals surface area contributed by atoms with Gasteiger partial charge in [-0.05, 0) is 24.6 Å². The van der Waals surface area contributed by atoms with E-state index in [0.717, 1.165) is 12.1 Å². The molecule has 3 rings (SSSR count). The van der Waals surface area contributed by atoms with Crippen LogP contribution in [0.2, 0.25) is 5.02 Å². The molecule has 0 bridgehead atoms. The van der Waals surface area contributed by atoms with E-state index in [0.29, 0.717) is 28.8 Å². The number of benzene rings is 1. The molecule has 0 aliphatic rings. The summed E-state index contributed by atoms with van der Waals surface area (Å²) in [6, 6.07) is 4.87. The Morgan fingerprint density at radius 1 is 1.19 bits per heavy atom. The van der Waals surface area contributed by atoms with E-state index in [2.05, 4.69) is 20.3 Å². The molecule has 10 heteroatoms. The van der Waals surface area contributed by atoms with E-state index in [1.807, 2.05) is 0 Å². The molecule has 0 radical (unpaired) electrons. The lowest BCUT2D eigenvalue weighted by Crippen LogP contribution is -2.06. The fourth-order valence-corrected chi connectivity index (χ4v) is 2.89. The van der Waals surface area contributed by atoms with Crippen LogP contribution in [-0.2, 0) is 6.18 Å². The minimum Gasteiger partial charge on any atom is -0.481 e. The van der Waals surface area contributed by atoms with E-state index in [-0.39, 0.29) is 10.9 Å². The second-order valence-electron chi connectivity index (χ2n) is 5.86. The molecule has 0 saturated carbocycles. The molecule has 0 aliphatic heterocycles. The minimum atomic E-state index is -4.45. The quantitative estimate of drug-likeness (QED) is 0.660. The summed E-state index contributed by atoms with van der Waals surface area (Å²) in [5.74, 6) is 0.982. The average molecular weight is 398 g/mol. The van der Waals surface area contributed by atoms with Crippen molar-refractivity contribution >= 4 is 11.6 Å². The zero-order chi connectivity index (χ0) is 19.8. The van der Waals surface area contributed by atoms with Crippen molar-refractivity contribution < 1.29 is 17.9 Å². The van der Waals surface area contributed by atoms with E-state index in [1.165, 1.54) is 17.9 Å². The maximum Gasteiger partial charge on any atom is 0.416 e. The third kappa shape index (κ3) is 4.02. The van der Waals surface area contributed by atoms with Crippen molar-refractivity contribution in [2.75, 3.05) is 7.11 Å². The molecule has 1 unspecified atom stereocenters. The normalized spacial score (nSPS) is 12.9. The van der Waals surface area contributed by atoms with Crippen LogP contribution in [0.3, 0.4) is 0 Å². The molecule has 2 aromatic heterocycles. The Bertz CT molecular complexity index is 973. The fraction of sp³-hybridized carbons (Fsp3) is 0.294. The van der Waals surface area contributed by atoms with E-state index in [4.69, 9.17) is 16.3 Å². The molecular formula is C17H15ClF3N5O. The molecule has 27 heavy (non-hydrogen) atoms. The average Bonchev–Trinajstić information content (AvgIpc) is 3.10. The maximum atomic E-state index is 12.8. The predicted octanol–water partition coefficient (Wildman–Crippen LogP) is 4.20. The summed E-state index contributed by atoms with van der Waals surface area (Å²) in [7, 11) is 1.49. The molecule has 2 heterocycles. The SMILES string of the molecule is COc1cc(-n2cc(C(C)c3ccc(C(F)(F)F)cc3Cl)nn2)nc(C)n1. The largest absolute Gasteiger partial charge is 0.481 e. The van der Waals surface area contributed by atoms with Crippen LogP contribution in [0, 0.1) is 6.92 Å². The van der Waals surface area contributed by atoms with Gasteiger partial charge in [-0.15, -0.1) is 5.10 Å². The van der Waals surface area contributed by atoms with Gasteiger partial charge in [0.2, 0.25) is 5.88 Å². The molecular weight excluding hydrogens is 383 g/mol. The van der Waals surface area contributed by atoms with Crippen molar-refractivity contribution in [1.82, 2.24) is 25.0 Å². The van der Waals surface area contributed by atoms with Crippen LogP contribution in [0.15, 0.2) is 30.5 Å². The second kappa shape index (κ2) is 7.15. The monoisotopic (exact) mass is 397 g/mol. The maximum absolute atomic E-state index is 12.8. The summed E-state index contributed by atoms with van der Waals surface area (Å²) in [5, 5.41) is 8.15. The molecule has 1 aromatic carbocycles. The highest BCUT2D eigenvalue weighted by molar-refractivity contribution is 6.31. The highest BCUT2D eigenvalue weighted by Gasteiger charge is 2.31. The molecule has 0 spiro atoms. The number of ether oxygens (including phenoxy) is 1. The number of aryl methyl sites for hydroxylation is 1. The van der Waals surface area contributed by atoms with Gasteiger partial charge in [0.05, 0.1) is 24.6 Å². The standard InChI is InChI=1S/C17H15ClF3N5O/c1-9(12-5-4-11(6-13(12)18)17(19,20)21)14-8-26(25-24-14)15-7-16(27-3)23-10(2)22-15/h4-9H,1-3H3. The molecule has 0 fully saturated rings. The van der Waals surface area contributed by atoms with Crippen molar-refractivity contribution in [3.8, 4) is 11.7 Å². The Morgan fingerprint density at radius 2 is 1.93 bits per heavy atom. The number of hydrogen-bond donors (Lipinski definition) is 0. The smallest absolute Gasteiger partial charge is 0.416 e. The van der Waals surface area contributed by atoms with Gasteiger partial charge in [0.25, 0.3) is 0 Å². The van der Waals surface area contributed by atoms with Crippen LogP contribution in [-0.4, -0.2) is 32.1 Å². The lowest BCUT2D eigenvalue weighted by Gasteiger charge is -2.13. The van der Waals surface area contributed by atoms with Crippen LogP contribution in [0.5, 0.6) is 5.88 Å². The highest BCUT2D eigenvalue weighted by Crippen LogP contribution is 2.35. The second-order valence-corrected chi connectivity index (χ2v) is 6.27.